The van der Waals surface area contributed by atoms with E-state index in [1.807, 2.05) is 55.5 Å². The van der Waals surface area contributed by atoms with Crippen LogP contribution in [0.1, 0.15) is 24.4 Å². The monoisotopic (exact) mass is 309 g/mol. The van der Waals surface area contributed by atoms with Gasteiger partial charge in [0, 0.05) is 18.4 Å². The number of rotatable bonds is 6. The molecular weight excluding hydrogens is 290 g/mol. The molecule has 5 heteroatoms. The van der Waals surface area contributed by atoms with Gasteiger partial charge in [-0.1, -0.05) is 30.3 Å². The van der Waals surface area contributed by atoms with Gasteiger partial charge in [0.15, 0.2) is 0 Å². The van der Waals surface area contributed by atoms with Crippen LogP contribution in [-0.2, 0) is 11.3 Å². The summed E-state index contributed by atoms with van der Waals surface area (Å²) in [7, 11) is 1.69. The summed E-state index contributed by atoms with van der Waals surface area (Å²) in [5.74, 6) is 1.09. The Kier molecular flexibility index (Phi) is 4.68. The minimum atomic E-state index is -0.0854. The second-order valence-corrected chi connectivity index (χ2v) is 5.31. The van der Waals surface area contributed by atoms with Crippen molar-refractivity contribution in [2.45, 2.75) is 19.6 Å². The molecule has 118 valence electrons. The molecule has 0 fully saturated rings. The molecule has 5 nitrogen and oxygen atoms in total. The summed E-state index contributed by atoms with van der Waals surface area (Å²) in [4.78, 5) is 0. The van der Waals surface area contributed by atoms with Crippen LogP contribution in [0.5, 0.6) is 0 Å². The lowest BCUT2D eigenvalue weighted by Gasteiger charge is -2.12. The largest absolute Gasteiger partial charge is 0.418 e. The van der Waals surface area contributed by atoms with Crippen LogP contribution < -0.4 is 5.32 Å². The second-order valence-electron chi connectivity index (χ2n) is 5.31. The lowest BCUT2D eigenvalue weighted by molar-refractivity contribution is 0.185. The molecule has 0 aliphatic rings. The molecule has 0 bridgehead atoms. The molecule has 0 radical (unpaired) electrons. The average Bonchev–Trinajstić information content (AvgIpc) is 3.06. The third-order valence-corrected chi connectivity index (χ3v) is 3.45. The standard InChI is InChI=1S/C18H19N3O2/c1-13(19-16-10-6-7-14(11-16)12-22-2)17-20-21-18(23-17)15-8-4-3-5-9-15/h3-11,13,19H,12H2,1-2H3. The van der Waals surface area contributed by atoms with Crippen molar-refractivity contribution in [1.82, 2.24) is 10.2 Å². The molecule has 23 heavy (non-hydrogen) atoms. The van der Waals surface area contributed by atoms with E-state index in [2.05, 4.69) is 21.6 Å². The van der Waals surface area contributed by atoms with Crippen molar-refractivity contribution in [2.75, 3.05) is 12.4 Å². The van der Waals surface area contributed by atoms with Crippen LogP contribution in [0.2, 0.25) is 0 Å². The van der Waals surface area contributed by atoms with Gasteiger partial charge >= 0.3 is 0 Å². The first kappa shape index (κ1) is 15.2. The number of aromatic nitrogens is 2. The van der Waals surface area contributed by atoms with Gasteiger partial charge in [-0.25, -0.2) is 0 Å². The van der Waals surface area contributed by atoms with Crippen LogP contribution in [0.4, 0.5) is 5.69 Å². The predicted molar refractivity (Wildman–Crippen MR) is 88.9 cm³/mol. The maximum Gasteiger partial charge on any atom is 0.247 e. The zero-order chi connectivity index (χ0) is 16.1. The summed E-state index contributed by atoms with van der Waals surface area (Å²) in [6, 6.07) is 17.7. The summed E-state index contributed by atoms with van der Waals surface area (Å²) in [5, 5.41) is 11.6. The lowest BCUT2D eigenvalue weighted by Crippen LogP contribution is -2.07. The zero-order valence-electron chi connectivity index (χ0n) is 13.2. The van der Waals surface area contributed by atoms with Gasteiger partial charge in [0.25, 0.3) is 0 Å². The summed E-state index contributed by atoms with van der Waals surface area (Å²) >= 11 is 0. The second kappa shape index (κ2) is 7.07. The number of ether oxygens (including phenoxy) is 1. The van der Waals surface area contributed by atoms with Crippen molar-refractivity contribution < 1.29 is 9.15 Å². The van der Waals surface area contributed by atoms with Crippen molar-refractivity contribution in [2.24, 2.45) is 0 Å². The number of nitrogens with one attached hydrogen (secondary N) is 1. The van der Waals surface area contributed by atoms with Gasteiger partial charge in [0.05, 0.1) is 6.61 Å². The Hall–Kier alpha value is -2.66. The lowest BCUT2D eigenvalue weighted by atomic mass is 10.2. The summed E-state index contributed by atoms with van der Waals surface area (Å²) in [6.07, 6.45) is 0. The molecule has 2 aromatic carbocycles. The van der Waals surface area contributed by atoms with Gasteiger partial charge in [-0.15, -0.1) is 10.2 Å². The maximum atomic E-state index is 5.77. The van der Waals surface area contributed by atoms with E-state index in [1.54, 1.807) is 7.11 Å². The van der Waals surface area contributed by atoms with E-state index < -0.39 is 0 Å². The molecule has 1 N–H and O–H groups in total. The number of hydrogen-bond donors (Lipinski definition) is 1. The first-order valence-electron chi connectivity index (χ1n) is 7.49. The van der Waals surface area contributed by atoms with Crippen LogP contribution in [0, 0.1) is 0 Å². The molecule has 3 aromatic rings. The topological polar surface area (TPSA) is 60.2 Å². The maximum absolute atomic E-state index is 5.77. The molecule has 0 saturated carbocycles. The van der Waals surface area contributed by atoms with Crippen molar-refractivity contribution in [1.29, 1.82) is 0 Å². The molecule has 1 heterocycles. The molecule has 1 aromatic heterocycles. The fraction of sp³-hybridized carbons (Fsp3) is 0.222. The van der Waals surface area contributed by atoms with Crippen molar-refractivity contribution >= 4 is 5.69 Å². The van der Waals surface area contributed by atoms with Gasteiger partial charge in [0.1, 0.15) is 6.04 Å². The highest BCUT2D eigenvalue weighted by Crippen LogP contribution is 2.23. The van der Waals surface area contributed by atoms with Crippen LogP contribution in [0.15, 0.2) is 59.0 Å². The van der Waals surface area contributed by atoms with E-state index in [0.29, 0.717) is 18.4 Å². The number of methoxy groups -OCH3 is 1. The Morgan fingerprint density at radius 2 is 1.91 bits per heavy atom. The molecule has 1 unspecified atom stereocenters. The fourth-order valence-electron chi connectivity index (χ4n) is 2.34. The highest BCUT2D eigenvalue weighted by Gasteiger charge is 2.14. The molecule has 3 rings (SSSR count). The van der Waals surface area contributed by atoms with E-state index in [9.17, 15) is 0 Å². The van der Waals surface area contributed by atoms with E-state index in [-0.39, 0.29) is 6.04 Å². The number of hydrogen-bond acceptors (Lipinski definition) is 5. The smallest absolute Gasteiger partial charge is 0.247 e. The summed E-state index contributed by atoms with van der Waals surface area (Å²) < 4.78 is 10.9. The third-order valence-electron chi connectivity index (χ3n) is 3.45. The van der Waals surface area contributed by atoms with Gasteiger partial charge in [-0.05, 0) is 36.8 Å². The van der Waals surface area contributed by atoms with Crippen LogP contribution >= 0.6 is 0 Å². The minimum absolute atomic E-state index is 0.0854. The predicted octanol–water partition coefficient (Wildman–Crippen LogP) is 4.06. The normalized spacial score (nSPS) is 12.1. The zero-order valence-corrected chi connectivity index (χ0v) is 13.2. The molecule has 0 aliphatic carbocycles. The first-order valence-corrected chi connectivity index (χ1v) is 7.49. The molecular formula is C18H19N3O2. The molecule has 0 amide bonds. The summed E-state index contributed by atoms with van der Waals surface area (Å²) in [6.45, 7) is 2.58. The van der Waals surface area contributed by atoms with Gasteiger partial charge in [-0.2, -0.15) is 0 Å². The Balaban J connectivity index is 1.72. The summed E-state index contributed by atoms with van der Waals surface area (Å²) in [5.41, 5.74) is 3.02. The first-order chi connectivity index (χ1) is 11.3. The van der Waals surface area contributed by atoms with E-state index >= 15 is 0 Å². The highest BCUT2D eigenvalue weighted by atomic mass is 16.5. The van der Waals surface area contributed by atoms with E-state index in [0.717, 1.165) is 16.8 Å². The Bertz CT molecular complexity index is 756. The number of benzene rings is 2. The van der Waals surface area contributed by atoms with Gasteiger partial charge in [-0.3, -0.25) is 0 Å². The van der Waals surface area contributed by atoms with Crippen molar-refractivity contribution in [3.63, 3.8) is 0 Å². The van der Waals surface area contributed by atoms with Crippen LogP contribution in [0.3, 0.4) is 0 Å². The van der Waals surface area contributed by atoms with Gasteiger partial charge < -0.3 is 14.5 Å². The van der Waals surface area contributed by atoms with Crippen LogP contribution in [-0.4, -0.2) is 17.3 Å². The fourth-order valence-corrected chi connectivity index (χ4v) is 2.34. The average molecular weight is 309 g/mol. The SMILES string of the molecule is COCc1cccc(NC(C)c2nnc(-c3ccccc3)o2)c1. The minimum Gasteiger partial charge on any atom is -0.418 e. The highest BCUT2D eigenvalue weighted by molar-refractivity contribution is 5.52. The molecule has 0 aliphatic heterocycles. The number of anilines is 1. The van der Waals surface area contributed by atoms with Crippen molar-refractivity contribution in [3.8, 4) is 11.5 Å². The van der Waals surface area contributed by atoms with E-state index in [4.69, 9.17) is 9.15 Å². The molecule has 1 atom stereocenters. The molecule has 0 spiro atoms. The Morgan fingerprint density at radius 3 is 2.70 bits per heavy atom. The Labute approximate surface area is 135 Å². The number of nitrogens with zero attached hydrogens (tertiary/aromatic N) is 2. The quantitative estimate of drug-likeness (QED) is 0.744. The van der Waals surface area contributed by atoms with E-state index in [1.165, 1.54) is 0 Å². The van der Waals surface area contributed by atoms with Crippen LogP contribution in [0.25, 0.3) is 11.5 Å². The van der Waals surface area contributed by atoms with Gasteiger partial charge in [0.2, 0.25) is 11.8 Å². The third kappa shape index (κ3) is 3.76. The Morgan fingerprint density at radius 1 is 1.09 bits per heavy atom. The molecule has 0 saturated heterocycles. The van der Waals surface area contributed by atoms with Crippen molar-refractivity contribution in [3.05, 3.63) is 66.1 Å².